The van der Waals surface area contributed by atoms with E-state index in [1.165, 1.54) is 18.5 Å². The average Bonchev–Trinajstić information content (AvgIpc) is 3.16. The van der Waals surface area contributed by atoms with Gasteiger partial charge in [-0.05, 0) is 42.0 Å². The first-order chi connectivity index (χ1) is 15.1. The van der Waals surface area contributed by atoms with Gasteiger partial charge in [0, 0.05) is 22.5 Å². The van der Waals surface area contributed by atoms with Crippen LogP contribution < -0.4 is 15.8 Å². The monoisotopic (exact) mass is 414 g/mol. The second-order valence-electron chi connectivity index (χ2n) is 7.16. The second-order valence-corrected chi connectivity index (χ2v) is 7.16. The molecule has 3 aromatic carbocycles. The summed E-state index contributed by atoms with van der Waals surface area (Å²) >= 11 is 0. The van der Waals surface area contributed by atoms with Gasteiger partial charge in [-0.2, -0.15) is 5.10 Å². The summed E-state index contributed by atoms with van der Waals surface area (Å²) in [5.74, 6) is 0.964. The molecular formula is C23H19FN6O. The molecule has 0 aliphatic rings. The Bertz CT molecular complexity index is 1410. The van der Waals surface area contributed by atoms with E-state index < -0.39 is 0 Å². The molecule has 0 atom stereocenters. The van der Waals surface area contributed by atoms with Crippen LogP contribution in [0.25, 0.3) is 21.8 Å². The van der Waals surface area contributed by atoms with Gasteiger partial charge in [0.1, 0.15) is 23.7 Å². The maximum atomic E-state index is 13.5. The van der Waals surface area contributed by atoms with Crippen LogP contribution in [-0.4, -0.2) is 26.9 Å². The van der Waals surface area contributed by atoms with Crippen LogP contribution >= 0.6 is 0 Å². The molecule has 0 aliphatic heterocycles. The van der Waals surface area contributed by atoms with Crippen LogP contribution in [0, 0.1) is 5.82 Å². The van der Waals surface area contributed by atoms with Crippen molar-refractivity contribution >= 4 is 39.0 Å². The summed E-state index contributed by atoms with van der Waals surface area (Å²) in [7, 11) is 1.57. The minimum Gasteiger partial charge on any atom is -0.495 e. The molecule has 7 nitrogen and oxygen atoms in total. The zero-order valence-corrected chi connectivity index (χ0v) is 16.7. The Morgan fingerprint density at radius 3 is 2.84 bits per heavy atom. The molecular weight excluding hydrogens is 395 g/mol. The maximum Gasteiger partial charge on any atom is 0.143 e. The third-order valence-electron chi connectivity index (χ3n) is 5.11. The lowest BCUT2D eigenvalue weighted by molar-refractivity contribution is 0.417. The largest absolute Gasteiger partial charge is 0.495 e. The molecule has 5 aromatic rings. The quantitative estimate of drug-likeness (QED) is 0.412. The van der Waals surface area contributed by atoms with Crippen LogP contribution in [0.4, 0.5) is 21.6 Å². The van der Waals surface area contributed by atoms with Crippen molar-refractivity contribution in [3.05, 3.63) is 78.5 Å². The lowest BCUT2D eigenvalue weighted by Crippen LogP contribution is -2.02. The van der Waals surface area contributed by atoms with Crippen molar-refractivity contribution in [2.45, 2.75) is 6.54 Å². The van der Waals surface area contributed by atoms with Crippen molar-refractivity contribution in [3.8, 4) is 5.75 Å². The average molecular weight is 414 g/mol. The van der Waals surface area contributed by atoms with Crippen molar-refractivity contribution in [2.75, 3.05) is 18.2 Å². The number of nitrogens with zero attached hydrogens (tertiary/aromatic N) is 4. The maximum absolute atomic E-state index is 13.5. The molecule has 0 saturated carbocycles. The van der Waals surface area contributed by atoms with E-state index in [0.717, 1.165) is 33.1 Å². The fraction of sp³-hybridized carbons (Fsp3) is 0.0870. The zero-order chi connectivity index (χ0) is 21.4. The Hall–Kier alpha value is -4.20. The summed E-state index contributed by atoms with van der Waals surface area (Å²) in [6, 6.07) is 16.0. The molecule has 2 heterocycles. The number of ether oxygens (including phenoxy) is 1. The molecule has 2 aromatic heterocycles. The molecule has 0 radical (unpaired) electrons. The molecule has 0 spiro atoms. The molecule has 5 rings (SSSR count). The molecule has 8 heteroatoms. The molecule has 0 fully saturated rings. The van der Waals surface area contributed by atoms with Gasteiger partial charge in [-0.25, -0.2) is 14.4 Å². The van der Waals surface area contributed by atoms with Gasteiger partial charge in [-0.3, -0.25) is 4.68 Å². The van der Waals surface area contributed by atoms with Gasteiger partial charge in [0.15, 0.2) is 0 Å². The van der Waals surface area contributed by atoms with Gasteiger partial charge < -0.3 is 15.8 Å². The van der Waals surface area contributed by atoms with Crippen molar-refractivity contribution in [1.82, 2.24) is 19.7 Å². The highest BCUT2D eigenvalue weighted by atomic mass is 19.1. The molecule has 0 saturated heterocycles. The van der Waals surface area contributed by atoms with Crippen LogP contribution in [0.5, 0.6) is 5.75 Å². The second kappa shape index (κ2) is 7.56. The molecule has 0 bridgehead atoms. The number of aromatic nitrogens is 4. The van der Waals surface area contributed by atoms with Gasteiger partial charge in [-0.15, -0.1) is 0 Å². The number of hydrogen-bond donors (Lipinski definition) is 2. The van der Waals surface area contributed by atoms with Gasteiger partial charge in [-0.1, -0.05) is 12.1 Å². The van der Waals surface area contributed by atoms with Gasteiger partial charge >= 0.3 is 0 Å². The van der Waals surface area contributed by atoms with Crippen LogP contribution in [-0.2, 0) is 6.54 Å². The normalized spacial score (nSPS) is 11.2. The third-order valence-corrected chi connectivity index (χ3v) is 5.11. The predicted octanol–water partition coefficient (Wildman–Crippen LogP) is 4.50. The first kappa shape index (κ1) is 18.8. The number of nitrogens with one attached hydrogen (secondary N) is 1. The van der Waals surface area contributed by atoms with Crippen LogP contribution in [0.15, 0.2) is 67.1 Å². The lowest BCUT2D eigenvalue weighted by atomic mass is 10.2. The van der Waals surface area contributed by atoms with Gasteiger partial charge in [0.2, 0.25) is 0 Å². The van der Waals surface area contributed by atoms with E-state index in [1.54, 1.807) is 31.5 Å². The van der Waals surface area contributed by atoms with Crippen molar-refractivity contribution in [1.29, 1.82) is 0 Å². The summed E-state index contributed by atoms with van der Waals surface area (Å²) in [5, 5.41) is 9.55. The minimum absolute atomic E-state index is 0.254. The lowest BCUT2D eigenvalue weighted by Gasteiger charge is -2.11. The summed E-state index contributed by atoms with van der Waals surface area (Å²) in [6.07, 6.45) is 3.29. The van der Waals surface area contributed by atoms with E-state index in [4.69, 9.17) is 10.5 Å². The van der Waals surface area contributed by atoms with Crippen LogP contribution in [0.2, 0.25) is 0 Å². The van der Waals surface area contributed by atoms with Crippen LogP contribution in [0.3, 0.4) is 0 Å². The summed E-state index contributed by atoms with van der Waals surface area (Å²) in [5.41, 5.74) is 9.97. The molecule has 154 valence electrons. The zero-order valence-electron chi connectivity index (χ0n) is 16.7. The van der Waals surface area contributed by atoms with E-state index in [1.807, 2.05) is 28.9 Å². The number of halogens is 1. The number of benzene rings is 3. The van der Waals surface area contributed by atoms with Crippen molar-refractivity contribution < 1.29 is 9.13 Å². The van der Waals surface area contributed by atoms with E-state index in [9.17, 15) is 4.39 Å². The van der Waals surface area contributed by atoms with E-state index in [0.29, 0.717) is 23.8 Å². The molecule has 0 aliphatic carbocycles. The first-order valence-corrected chi connectivity index (χ1v) is 9.66. The Labute approximate surface area is 177 Å². The van der Waals surface area contributed by atoms with E-state index in [2.05, 4.69) is 20.4 Å². The van der Waals surface area contributed by atoms with Crippen LogP contribution in [0.1, 0.15) is 5.56 Å². The number of nitrogen functional groups attached to an aromatic ring is 1. The molecule has 31 heavy (non-hydrogen) atoms. The van der Waals surface area contributed by atoms with Gasteiger partial charge in [0.25, 0.3) is 0 Å². The summed E-state index contributed by atoms with van der Waals surface area (Å²) in [4.78, 5) is 8.68. The number of nitrogens with two attached hydrogens (primary N) is 1. The Morgan fingerprint density at radius 2 is 2.00 bits per heavy atom. The molecule has 3 N–H and O–H groups in total. The molecule has 0 unspecified atom stereocenters. The number of fused-ring (bicyclic) bond motifs is 2. The number of methoxy groups -OCH3 is 1. The highest BCUT2D eigenvalue weighted by Gasteiger charge is 2.10. The highest BCUT2D eigenvalue weighted by Crippen LogP contribution is 2.31. The summed E-state index contributed by atoms with van der Waals surface area (Å²) < 4.78 is 20.6. The van der Waals surface area contributed by atoms with Crippen molar-refractivity contribution in [2.24, 2.45) is 0 Å². The molecule has 0 amide bonds. The highest BCUT2D eigenvalue weighted by molar-refractivity contribution is 5.95. The summed E-state index contributed by atoms with van der Waals surface area (Å²) in [6.45, 7) is 0.492. The minimum atomic E-state index is -0.254. The Morgan fingerprint density at radius 1 is 1.10 bits per heavy atom. The topological polar surface area (TPSA) is 90.9 Å². The van der Waals surface area contributed by atoms with E-state index >= 15 is 0 Å². The number of anilines is 3. The smallest absolute Gasteiger partial charge is 0.143 e. The Balaban J connectivity index is 1.46. The van der Waals surface area contributed by atoms with Gasteiger partial charge in [0.05, 0.1) is 36.6 Å². The fourth-order valence-corrected chi connectivity index (χ4v) is 3.61. The fourth-order valence-electron chi connectivity index (χ4n) is 3.61. The predicted molar refractivity (Wildman–Crippen MR) is 119 cm³/mol. The van der Waals surface area contributed by atoms with E-state index in [-0.39, 0.29) is 5.82 Å². The first-order valence-electron chi connectivity index (χ1n) is 9.66. The third kappa shape index (κ3) is 3.59. The van der Waals surface area contributed by atoms with Crippen molar-refractivity contribution in [3.63, 3.8) is 0 Å². The SMILES string of the molecule is COc1cc2ncnc(Nc3ccc4c(cnn4Cc4cccc(F)c4)c3)c2cc1N. The number of rotatable bonds is 5. The number of hydrogen-bond acceptors (Lipinski definition) is 6. The standard InChI is InChI=1S/C23H19FN6O/c1-31-22-10-20-18(9-19(22)25)23(27-13-26-20)29-17-5-6-21-15(8-17)11-28-30(21)12-14-3-2-4-16(24)7-14/h2-11,13H,12,25H2,1H3,(H,26,27,29). The Kier molecular flexibility index (Phi) is 4.59.